The van der Waals surface area contributed by atoms with Gasteiger partial charge in [-0.1, -0.05) is 43.2 Å². The van der Waals surface area contributed by atoms with Gasteiger partial charge in [-0.2, -0.15) is 0 Å². The molecule has 1 aliphatic carbocycles. The average molecular weight is 344 g/mol. The van der Waals surface area contributed by atoms with Crippen LogP contribution in [0.3, 0.4) is 0 Å². The van der Waals surface area contributed by atoms with Crippen LogP contribution in [0.2, 0.25) is 0 Å². The zero-order valence-corrected chi connectivity index (χ0v) is 15.1. The van der Waals surface area contributed by atoms with Crippen molar-refractivity contribution in [3.05, 3.63) is 35.9 Å². The molecule has 2 amide bonds. The summed E-state index contributed by atoms with van der Waals surface area (Å²) >= 11 is 0. The number of nitrogens with one attached hydrogen (secondary N) is 1. The van der Waals surface area contributed by atoms with E-state index in [0.29, 0.717) is 13.0 Å². The molecule has 1 saturated heterocycles. The molecule has 2 N–H and O–H groups in total. The molecule has 2 fully saturated rings. The van der Waals surface area contributed by atoms with Crippen LogP contribution in [0.15, 0.2) is 30.3 Å². The Balaban J connectivity index is 1.71. The van der Waals surface area contributed by atoms with Crippen LogP contribution >= 0.6 is 0 Å². The van der Waals surface area contributed by atoms with Gasteiger partial charge in [0.15, 0.2) is 0 Å². The topological polar surface area (TPSA) is 69.6 Å². The number of urea groups is 1. The molecule has 0 aromatic heterocycles. The van der Waals surface area contributed by atoms with Crippen molar-refractivity contribution in [3.8, 4) is 0 Å². The van der Waals surface area contributed by atoms with Gasteiger partial charge in [0.1, 0.15) is 0 Å². The van der Waals surface area contributed by atoms with Crippen LogP contribution in [-0.4, -0.2) is 41.1 Å². The summed E-state index contributed by atoms with van der Waals surface area (Å²) in [6.07, 6.45) is 5.01. The predicted octanol–water partition coefficient (Wildman–Crippen LogP) is 3.39. The molecular formula is C20H28N2O3. The molecule has 25 heavy (non-hydrogen) atoms. The van der Waals surface area contributed by atoms with E-state index in [-0.39, 0.29) is 24.0 Å². The number of carbonyl (C=O) groups excluding carboxylic acids is 1. The van der Waals surface area contributed by atoms with Gasteiger partial charge in [0.05, 0.1) is 5.41 Å². The lowest BCUT2D eigenvalue weighted by molar-refractivity contribution is -0.147. The Morgan fingerprint density at radius 3 is 2.36 bits per heavy atom. The number of hydrogen-bond donors (Lipinski definition) is 2. The molecule has 0 bridgehead atoms. The van der Waals surface area contributed by atoms with Crippen molar-refractivity contribution in [1.82, 2.24) is 10.2 Å². The van der Waals surface area contributed by atoms with Crippen LogP contribution in [-0.2, 0) is 10.2 Å². The summed E-state index contributed by atoms with van der Waals surface area (Å²) in [6.45, 7) is 4.58. The van der Waals surface area contributed by atoms with Crippen LogP contribution < -0.4 is 5.32 Å². The fourth-order valence-corrected chi connectivity index (χ4v) is 4.47. The molecule has 1 aromatic carbocycles. The third kappa shape index (κ3) is 3.24. The summed E-state index contributed by atoms with van der Waals surface area (Å²) in [5.74, 6) is -0.826. The van der Waals surface area contributed by atoms with E-state index in [1.54, 1.807) is 11.8 Å². The van der Waals surface area contributed by atoms with E-state index in [1.807, 2.05) is 6.07 Å². The molecule has 2 atom stereocenters. The van der Waals surface area contributed by atoms with Crippen LogP contribution in [0.5, 0.6) is 0 Å². The van der Waals surface area contributed by atoms with E-state index in [1.165, 1.54) is 18.4 Å². The highest BCUT2D eigenvalue weighted by molar-refractivity contribution is 5.79. The molecule has 5 heteroatoms. The van der Waals surface area contributed by atoms with E-state index < -0.39 is 11.4 Å². The molecule has 0 radical (unpaired) electrons. The lowest BCUT2D eigenvalue weighted by Gasteiger charge is -2.37. The van der Waals surface area contributed by atoms with Gasteiger partial charge in [-0.3, -0.25) is 4.79 Å². The Morgan fingerprint density at radius 2 is 1.80 bits per heavy atom. The minimum absolute atomic E-state index is 0.0154. The Morgan fingerprint density at radius 1 is 1.16 bits per heavy atom. The van der Waals surface area contributed by atoms with Crippen LogP contribution in [0.1, 0.15) is 51.5 Å². The Hall–Kier alpha value is -2.04. The predicted molar refractivity (Wildman–Crippen MR) is 96.5 cm³/mol. The number of likely N-dealkylation sites (tertiary alicyclic amines) is 1. The van der Waals surface area contributed by atoms with Gasteiger partial charge in [0.2, 0.25) is 0 Å². The Kier molecular flexibility index (Phi) is 4.76. The molecule has 136 valence electrons. The van der Waals surface area contributed by atoms with Crippen molar-refractivity contribution in [3.63, 3.8) is 0 Å². The maximum Gasteiger partial charge on any atom is 0.317 e. The fourth-order valence-electron chi connectivity index (χ4n) is 4.47. The molecule has 0 spiro atoms. The highest BCUT2D eigenvalue weighted by atomic mass is 16.4. The van der Waals surface area contributed by atoms with Gasteiger partial charge in [0.25, 0.3) is 0 Å². The van der Waals surface area contributed by atoms with Gasteiger partial charge in [-0.15, -0.1) is 0 Å². The van der Waals surface area contributed by atoms with Crippen molar-refractivity contribution >= 4 is 12.0 Å². The van der Waals surface area contributed by atoms with Crippen molar-refractivity contribution in [2.24, 2.45) is 5.41 Å². The molecule has 2 aliphatic rings. The third-order valence-electron chi connectivity index (χ3n) is 6.29. The molecular weight excluding hydrogens is 316 g/mol. The van der Waals surface area contributed by atoms with E-state index >= 15 is 0 Å². The highest BCUT2D eigenvalue weighted by Crippen LogP contribution is 2.44. The minimum Gasteiger partial charge on any atom is -0.481 e. The molecule has 1 saturated carbocycles. The summed E-state index contributed by atoms with van der Waals surface area (Å²) in [5, 5.41) is 12.5. The number of carboxylic acids is 1. The lowest BCUT2D eigenvalue weighted by Crippen LogP contribution is -2.51. The number of aliphatic carboxylic acids is 1. The van der Waals surface area contributed by atoms with Gasteiger partial charge >= 0.3 is 12.0 Å². The maximum atomic E-state index is 12.7. The van der Waals surface area contributed by atoms with E-state index in [9.17, 15) is 14.7 Å². The number of amides is 2. The number of carboxylic acid groups (broad SMARTS) is 1. The zero-order valence-electron chi connectivity index (χ0n) is 15.1. The largest absolute Gasteiger partial charge is 0.481 e. The zero-order chi connectivity index (χ0) is 18.1. The second-order valence-corrected chi connectivity index (χ2v) is 7.94. The first kappa shape index (κ1) is 17.8. The summed E-state index contributed by atoms with van der Waals surface area (Å²) < 4.78 is 0. The smallest absolute Gasteiger partial charge is 0.317 e. The molecule has 1 heterocycles. The molecule has 1 aromatic rings. The minimum atomic E-state index is -0.828. The molecule has 2 unspecified atom stereocenters. The number of carbonyl (C=O) groups is 2. The van der Waals surface area contributed by atoms with Gasteiger partial charge in [-0.25, -0.2) is 4.79 Å². The van der Waals surface area contributed by atoms with Crippen LogP contribution in [0.4, 0.5) is 4.79 Å². The third-order valence-corrected chi connectivity index (χ3v) is 6.29. The van der Waals surface area contributed by atoms with E-state index in [2.05, 4.69) is 36.5 Å². The second-order valence-electron chi connectivity index (χ2n) is 7.94. The van der Waals surface area contributed by atoms with Crippen molar-refractivity contribution in [1.29, 1.82) is 0 Å². The Bertz CT molecular complexity index is 640. The second kappa shape index (κ2) is 6.70. The molecule has 3 rings (SSSR count). The number of benzene rings is 1. The van der Waals surface area contributed by atoms with E-state index in [0.717, 1.165) is 12.8 Å². The summed E-state index contributed by atoms with van der Waals surface area (Å²) in [4.78, 5) is 25.8. The quantitative estimate of drug-likeness (QED) is 0.879. The number of rotatable bonds is 4. The van der Waals surface area contributed by atoms with Crippen molar-refractivity contribution in [2.45, 2.75) is 57.4 Å². The Labute approximate surface area is 149 Å². The first-order valence-electron chi connectivity index (χ1n) is 9.22. The maximum absolute atomic E-state index is 12.7. The van der Waals surface area contributed by atoms with Gasteiger partial charge < -0.3 is 15.3 Å². The van der Waals surface area contributed by atoms with Gasteiger partial charge in [-0.05, 0) is 38.7 Å². The molecule has 1 aliphatic heterocycles. The number of nitrogens with zero attached hydrogens (tertiary/aromatic N) is 1. The van der Waals surface area contributed by atoms with Crippen LogP contribution in [0, 0.1) is 5.41 Å². The van der Waals surface area contributed by atoms with Crippen molar-refractivity contribution < 1.29 is 14.7 Å². The first-order valence-corrected chi connectivity index (χ1v) is 9.22. The number of hydrogen-bond acceptors (Lipinski definition) is 2. The summed E-state index contributed by atoms with van der Waals surface area (Å²) in [5.41, 5.74) is 0.440. The standard InChI is InChI=1S/C20H28N2O3/c1-15(20(10-6-7-11-20)16-8-4-3-5-9-16)21-18(25)22-13-12-19(2,14-22)17(23)24/h3-5,8-9,15H,6-7,10-14H2,1-2H3,(H,21,25)(H,23,24). The van der Waals surface area contributed by atoms with Gasteiger partial charge in [0, 0.05) is 24.5 Å². The average Bonchev–Trinajstić information content (AvgIpc) is 3.24. The van der Waals surface area contributed by atoms with Crippen molar-refractivity contribution in [2.75, 3.05) is 13.1 Å². The monoisotopic (exact) mass is 344 g/mol. The first-order chi connectivity index (χ1) is 11.9. The normalized spacial score (nSPS) is 26.4. The fraction of sp³-hybridized carbons (Fsp3) is 0.600. The SMILES string of the molecule is CC(NC(=O)N1CCC(C)(C(=O)O)C1)C1(c2ccccc2)CCCC1. The molecule has 5 nitrogen and oxygen atoms in total. The summed E-state index contributed by atoms with van der Waals surface area (Å²) in [7, 11) is 0. The lowest BCUT2D eigenvalue weighted by atomic mass is 9.73. The highest BCUT2D eigenvalue weighted by Gasteiger charge is 2.45. The van der Waals surface area contributed by atoms with Crippen LogP contribution in [0.25, 0.3) is 0 Å². The van der Waals surface area contributed by atoms with E-state index in [4.69, 9.17) is 0 Å². The summed E-state index contributed by atoms with van der Waals surface area (Å²) in [6, 6.07) is 10.3.